The summed E-state index contributed by atoms with van der Waals surface area (Å²) in [5.41, 5.74) is 0. The molecule has 0 unspecified atom stereocenters. The summed E-state index contributed by atoms with van der Waals surface area (Å²) in [5.74, 6) is 1.25. The molecule has 0 atom stereocenters. The Labute approximate surface area is 160 Å². The molecule has 0 spiro atoms. The predicted octanol–water partition coefficient (Wildman–Crippen LogP) is 2.26. The Morgan fingerprint density at radius 2 is 1.89 bits per heavy atom. The second-order valence-electron chi connectivity index (χ2n) is 6.77. The number of guanidine groups is 1. The van der Waals surface area contributed by atoms with Crippen LogP contribution in [0.25, 0.3) is 0 Å². The fourth-order valence-electron chi connectivity index (χ4n) is 3.03. The van der Waals surface area contributed by atoms with Crippen LogP contribution in [0.3, 0.4) is 0 Å². The van der Waals surface area contributed by atoms with Gasteiger partial charge in [-0.2, -0.15) is 13.2 Å². The molecule has 1 rings (SSSR count). The number of nitrogens with zero attached hydrogens (tertiary/aromatic N) is 2. The van der Waals surface area contributed by atoms with Gasteiger partial charge in [0.15, 0.2) is 5.96 Å². The van der Waals surface area contributed by atoms with Crippen LogP contribution in [0, 0.1) is 5.92 Å². The third-order valence-corrected chi connectivity index (χ3v) is 4.45. The van der Waals surface area contributed by atoms with Gasteiger partial charge in [-0.15, -0.1) is 0 Å². The number of hydrogen-bond acceptors (Lipinski definition) is 4. The van der Waals surface area contributed by atoms with E-state index in [9.17, 15) is 13.2 Å². The molecule has 0 aromatic carbocycles. The lowest BCUT2D eigenvalue weighted by Gasteiger charge is -2.32. The standard InChI is InChI=1S/C18H35F3N4O2/c1-3-22-17(23-8-4-12-27-14-13-26-2)24-9-5-16-6-10-25(11-7-16)15-18(19,20)21/h16H,3-15H2,1-2H3,(H2,22,23,24). The molecule has 0 aromatic rings. The van der Waals surface area contributed by atoms with Crippen molar-refractivity contribution in [1.29, 1.82) is 0 Å². The fraction of sp³-hybridized carbons (Fsp3) is 0.944. The molecule has 0 radical (unpaired) electrons. The zero-order valence-corrected chi connectivity index (χ0v) is 16.6. The highest BCUT2D eigenvalue weighted by atomic mass is 19.4. The Morgan fingerprint density at radius 3 is 2.52 bits per heavy atom. The van der Waals surface area contributed by atoms with Crippen molar-refractivity contribution < 1.29 is 22.6 Å². The molecule has 0 amide bonds. The number of methoxy groups -OCH3 is 1. The van der Waals surface area contributed by atoms with Crippen molar-refractivity contribution in [3.63, 3.8) is 0 Å². The van der Waals surface area contributed by atoms with E-state index in [0.717, 1.165) is 44.7 Å². The van der Waals surface area contributed by atoms with E-state index in [1.165, 1.54) is 4.90 Å². The van der Waals surface area contributed by atoms with Crippen LogP contribution in [0.15, 0.2) is 4.99 Å². The summed E-state index contributed by atoms with van der Waals surface area (Å²) in [6.45, 7) is 6.38. The lowest BCUT2D eigenvalue weighted by atomic mass is 9.93. The Hall–Kier alpha value is -1.06. The predicted molar refractivity (Wildman–Crippen MR) is 101 cm³/mol. The van der Waals surface area contributed by atoms with Gasteiger partial charge in [0, 0.05) is 33.4 Å². The number of ether oxygens (including phenoxy) is 2. The average molecular weight is 396 g/mol. The second kappa shape index (κ2) is 14.0. The first-order valence-corrected chi connectivity index (χ1v) is 9.82. The van der Waals surface area contributed by atoms with Crippen molar-refractivity contribution in [2.24, 2.45) is 10.9 Å². The first-order valence-electron chi connectivity index (χ1n) is 9.82. The van der Waals surface area contributed by atoms with Crippen LogP contribution >= 0.6 is 0 Å². The van der Waals surface area contributed by atoms with Crippen LogP contribution in [0.1, 0.15) is 32.6 Å². The Bertz CT molecular complexity index is 401. The minimum absolute atomic E-state index is 0.471. The minimum atomic E-state index is -4.10. The first kappa shape index (κ1) is 24.0. The average Bonchev–Trinajstić information content (AvgIpc) is 2.61. The Kier molecular flexibility index (Phi) is 12.4. The van der Waals surface area contributed by atoms with Crippen LogP contribution < -0.4 is 10.6 Å². The molecule has 6 nitrogen and oxygen atoms in total. The smallest absolute Gasteiger partial charge is 0.382 e. The monoisotopic (exact) mass is 396 g/mol. The molecule has 27 heavy (non-hydrogen) atoms. The third-order valence-electron chi connectivity index (χ3n) is 4.45. The number of piperidine rings is 1. The van der Waals surface area contributed by atoms with Crippen molar-refractivity contribution in [3.05, 3.63) is 0 Å². The number of hydrogen-bond donors (Lipinski definition) is 2. The number of aliphatic imine (C=N–C) groups is 1. The van der Waals surface area contributed by atoms with Gasteiger partial charge in [0.25, 0.3) is 0 Å². The summed E-state index contributed by atoms with van der Waals surface area (Å²) in [5, 5.41) is 6.52. The molecule has 0 bridgehead atoms. The summed E-state index contributed by atoms with van der Waals surface area (Å²) in [6, 6.07) is 0. The second-order valence-corrected chi connectivity index (χ2v) is 6.77. The molecule has 160 valence electrons. The van der Waals surface area contributed by atoms with Gasteiger partial charge in [-0.05, 0) is 51.6 Å². The maximum atomic E-state index is 12.4. The summed E-state index contributed by atoms with van der Waals surface area (Å²) in [6.07, 6.45) is -0.655. The van der Waals surface area contributed by atoms with Gasteiger partial charge in [0.05, 0.1) is 19.8 Å². The van der Waals surface area contributed by atoms with Gasteiger partial charge in [0.2, 0.25) is 0 Å². The zero-order chi connectivity index (χ0) is 20.0. The molecule has 0 aliphatic carbocycles. The van der Waals surface area contributed by atoms with Gasteiger partial charge in [-0.25, -0.2) is 0 Å². The molecule has 1 heterocycles. The molecular weight excluding hydrogens is 361 g/mol. The zero-order valence-electron chi connectivity index (χ0n) is 16.6. The third kappa shape index (κ3) is 12.9. The van der Waals surface area contributed by atoms with Crippen LogP contribution in [0.5, 0.6) is 0 Å². The van der Waals surface area contributed by atoms with E-state index in [0.29, 0.717) is 45.4 Å². The van der Waals surface area contributed by atoms with Crippen LogP contribution in [-0.4, -0.2) is 83.2 Å². The molecule has 0 aromatic heterocycles. The SMILES string of the molecule is CCNC(=NCCCOCCOC)NCCC1CCN(CC(F)(F)F)CC1. The highest BCUT2D eigenvalue weighted by Gasteiger charge is 2.32. The van der Waals surface area contributed by atoms with Crippen LogP contribution in [-0.2, 0) is 9.47 Å². The van der Waals surface area contributed by atoms with Gasteiger partial charge in [-0.1, -0.05) is 0 Å². The number of likely N-dealkylation sites (tertiary alicyclic amines) is 1. The summed E-state index contributed by atoms with van der Waals surface area (Å²) in [4.78, 5) is 6.02. The van der Waals surface area contributed by atoms with Crippen molar-refractivity contribution in [2.45, 2.75) is 38.8 Å². The van der Waals surface area contributed by atoms with E-state index in [1.54, 1.807) is 7.11 Å². The Morgan fingerprint density at radius 1 is 1.15 bits per heavy atom. The molecule has 1 aliphatic rings. The lowest BCUT2D eigenvalue weighted by Crippen LogP contribution is -2.41. The largest absolute Gasteiger partial charge is 0.401 e. The van der Waals surface area contributed by atoms with E-state index < -0.39 is 12.7 Å². The van der Waals surface area contributed by atoms with Crippen molar-refractivity contribution >= 4 is 5.96 Å². The lowest BCUT2D eigenvalue weighted by molar-refractivity contribution is -0.148. The van der Waals surface area contributed by atoms with Gasteiger partial charge < -0.3 is 20.1 Å². The molecule has 1 fully saturated rings. The number of rotatable bonds is 12. The van der Waals surface area contributed by atoms with Crippen LogP contribution in [0.4, 0.5) is 13.2 Å². The highest BCUT2D eigenvalue weighted by molar-refractivity contribution is 5.79. The summed E-state index contributed by atoms with van der Waals surface area (Å²) >= 11 is 0. The molecule has 0 saturated carbocycles. The van der Waals surface area contributed by atoms with Gasteiger partial charge in [-0.3, -0.25) is 9.89 Å². The van der Waals surface area contributed by atoms with E-state index in [4.69, 9.17) is 9.47 Å². The maximum absolute atomic E-state index is 12.4. The molecule has 9 heteroatoms. The number of halogens is 3. The molecular formula is C18H35F3N4O2. The van der Waals surface area contributed by atoms with Crippen molar-refractivity contribution in [3.8, 4) is 0 Å². The van der Waals surface area contributed by atoms with Crippen molar-refractivity contribution in [2.75, 3.05) is 66.2 Å². The fourth-order valence-corrected chi connectivity index (χ4v) is 3.03. The molecule has 1 saturated heterocycles. The topological polar surface area (TPSA) is 58.1 Å². The van der Waals surface area contributed by atoms with E-state index in [1.807, 2.05) is 6.92 Å². The minimum Gasteiger partial charge on any atom is -0.382 e. The molecule has 1 aliphatic heterocycles. The maximum Gasteiger partial charge on any atom is 0.401 e. The number of nitrogens with one attached hydrogen (secondary N) is 2. The summed E-state index contributed by atoms with van der Waals surface area (Å²) < 4.78 is 47.6. The van der Waals surface area contributed by atoms with E-state index in [-0.39, 0.29) is 0 Å². The molecule has 2 N–H and O–H groups in total. The van der Waals surface area contributed by atoms with E-state index in [2.05, 4.69) is 15.6 Å². The quantitative estimate of drug-likeness (QED) is 0.301. The first-order chi connectivity index (χ1) is 12.9. The van der Waals surface area contributed by atoms with Crippen LogP contribution in [0.2, 0.25) is 0 Å². The summed E-state index contributed by atoms with van der Waals surface area (Å²) in [7, 11) is 1.65. The Balaban J connectivity index is 2.16. The van der Waals surface area contributed by atoms with Gasteiger partial charge in [0.1, 0.15) is 0 Å². The van der Waals surface area contributed by atoms with E-state index >= 15 is 0 Å². The van der Waals surface area contributed by atoms with Crippen molar-refractivity contribution in [1.82, 2.24) is 15.5 Å². The highest BCUT2D eigenvalue weighted by Crippen LogP contribution is 2.23. The number of alkyl halides is 3. The normalized spacial score (nSPS) is 17.3. The van der Waals surface area contributed by atoms with Gasteiger partial charge >= 0.3 is 6.18 Å².